The molecule has 0 saturated carbocycles. The monoisotopic (exact) mass is 299 g/mol. The first-order chi connectivity index (χ1) is 9.88. The summed E-state index contributed by atoms with van der Waals surface area (Å²) < 4.78 is 1.89. The number of thiazole rings is 1. The van der Waals surface area contributed by atoms with E-state index >= 15 is 0 Å². The molecule has 100 valence electrons. The quantitative estimate of drug-likeness (QED) is 0.660. The van der Waals surface area contributed by atoms with Crippen LogP contribution in [0.2, 0.25) is 0 Å². The van der Waals surface area contributed by atoms with Gasteiger partial charge in [-0.25, -0.2) is 4.68 Å². The molecule has 0 bridgehead atoms. The summed E-state index contributed by atoms with van der Waals surface area (Å²) in [5.74, 6) is 0. The zero-order valence-electron chi connectivity index (χ0n) is 10.9. The molecule has 3 rings (SSSR count). The maximum Gasteiger partial charge on any atom is 0.205 e. The lowest BCUT2D eigenvalue weighted by Crippen LogP contribution is -2.11. The van der Waals surface area contributed by atoms with Gasteiger partial charge < -0.3 is 0 Å². The Morgan fingerprint density at radius 1 is 1.05 bits per heavy atom. The van der Waals surface area contributed by atoms with Crippen LogP contribution in [0.4, 0.5) is 0 Å². The van der Waals surface area contributed by atoms with E-state index in [4.69, 9.17) is 0 Å². The zero-order valence-corrected chi connectivity index (χ0v) is 12.6. The van der Waals surface area contributed by atoms with Crippen LogP contribution >= 0.6 is 22.7 Å². The van der Waals surface area contributed by atoms with Crippen LogP contribution < -0.4 is 4.80 Å². The molecule has 0 radical (unpaired) electrons. The van der Waals surface area contributed by atoms with Crippen molar-refractivity contribution in [3.63, 3.8) is 0 Å². The second kappa shape index (κ2) is 5.98. The fourth-order valence-electron chi connectivity index (χ4n) is 1.82. The van der Waals surface area contributed by atoms with Gasteiger partial charge in [0.15, 0.2) is 0 Å². The van der Waals surface area contributed by atoms with E-state index in [0.717, 1.165) is 16.1 Å². The van der Waals surface area contributed by atoms with Crippen LogP contribution in [0.25, 0.3) is 10.6 Å². The molecule has 3 aromatic rings. The van der Waals surface area contributed by atoms with E-state index < -0.39 is 0 Å². The molecule has 0 atom stereocenters. The van der Waals surface area contributed by atoms with E-state index in [9.17, 15) is 0 Å². The van der Waals surface area contributed by atoms with Crippen LogP contribution in [-0.2, 0) is 0 Å². The average Bonchev–Trinajstić information content (AvgIpc) is 3.14. The van der Waals surface area contributed by atoms with Gasteiger partial charge in [-0.1, -0.05) is 36.4 Å². The molecule has 2 heterocycles. The summed E-state index contributed by atoms with van der Waals surface area (Å²) in [6.45, 7) is 0. The highest BCUT2D eigenvalue weighted by Crippen LogP contribution is 2.24. The Morgan fingerprint density at radius 3 is 2.60 bits per heavy atom. The van der Waals surface area contributed by atoms with Crippen molar-refractivity contribution in [2.75, 3.05) is 7.05 Å². The van der Waals surface area contributed by atoms with Crippen molar-refractivity contribution in [1.82, 2.24) is 4.68 Å². The van der Waals surface area contributed by atoms with E-state index in [1.54, 1.807) is 29.7 Å². The lowest BCUT2D eigenvalue weighted by molar-refractivity contribution is 0.850. The Morgan fingerprint density at radius 2 is 1.90 bits per heavy atom. The predicted molar refractivity (Wildman–Crippen MR) is 86.5 cm³/mol. The van der Waals surface area contributed by atoms with E-state index in [1.807, 2.05) is 47.3 Å². The summed E-state index contributed by atoms with van der Waals surface area (Å²) in [4.78, 5) is 6.37. The Bertz CT molecular complexity index is 765. The van der Waals surface area contributed by atoms with Gasteiger partial charge in [0.2, 0.25) is 4.80 Å². The molecule has 0 saturated heterocycles. The van der Waals surface area contributed by atoms with Crippen LogP contribution in [0.1, 0.15) is 5.56 Å². The molecule has 1 aromatic carbocycles. The van der Waals surface area contributed by atoms with E-state index in [2.05, 4.69) is 26.9 Å². The van der Waals surface area contributed by atoms with E-state index in [0.29, 0.717) is 0 Å². The van der Waals surface area contributed by atoms with Gasteiger partial charge in [0.1, 0.15) is 0 Å². The van der Waals surface area contributed by atoms with Crippen LogP contribution in [0.3, 0.4) is 0 Å². The van der Waals surface area contributed by atoms with Crippen molar-refractivity contribution in [3.8, 4) is 10.6 Å². The summed E-state index contributed by atoms with van der Waals surface area (Å²) in [6.07, 6.45) is 1.86. The van der Waals surface area contributed by atoms with Crippen LogP contribution in [0.15, 0.2) is 63.3 Å². The number of hydrogen-bond donors (Lipinski definition) is 0. The van der Waals surface area contributed by atoms with Crippen molar-refractivity contribution < 1.29 is 0 Å². The molecule has 2 aromatic heterocycles. The van der Waals surface area contributed by atoms with Crippen molar-refractivity contribution in [2.45, 2.75) is 0 Å². The molecule has 0 aliphatic rings. The molecular formula is C15H13N3S2. The van der Waals surface area contributed by atoms with Gasteiger partial charge in [0, 0.05) is 12.4 Å². The second-order valence-corrected chi connectivity index (χ2v) is 5.86. The highest BCUT2D eigenvalue weighted by atomic mass is 32.1. The largest absolute Gasteiger partial charge is 0.261 e. The lowest BCUT2D eigenvalue weighted by Gasteiger charge is -2.00. The van der Waals surface area contributed by atoms with E-state index in [1.165, 1.54) is 4.88 Å². The third kappa shape index (κ3) is 2.64. The van der Waals surface area contributed by atoms with Crippen molar-refractivity contribution >= 4 is 28.9 Å². The Hall–Kier alpha value is -1.98. The molecule has 0 amide bonds. The van der Waals surface area contributed by atoms with Gasteiger partial charge in [-0.05, 0) is 17.0 Å². The summed E-state index contributed by atoms with van der Waals surface area (Å²) >= 11 is 3.30. The van der Waals surface area contributed by atoms with Crippen LogP contribution in [-0.4, -0.2) is 17.9 Å². The first-order valence-electron chi connectivity index (χ1n) is 6.15. The second-order valence-electron chi connectivity index (χ2n) is 4.07. The third-order valence-corrected chi connectivity index (χ3v) is 4.57. The number of nitrogens with zero attached hydrogens (tertiary/aromatic N) is 3. The fraction of sp³-hybridized carbons (Fsp3) is 0.0667. The molecule has 0 spiro atoms. The maximum absolute atomic E-state index is 4.58. The average molecular weight is 299 g/mol. The maximum atomic E-state index is 4.58. The first-order valence-corrected chi connectivity index (χ1v) is 7.91. The lowest BCUT2D eigenvalue weighted by atomic mass is 10.2. The van der Waals surface area contributed by atoms with Gasteiger partial charge in [-0.2, -0.15) is 5.10 Å². The number of hydrogen-bond acceptors (Lipinski definition) is 4. The Labute approximate surface area is 125 Å². The minimum Gasteiger partial charge on any atom is -0.261 e. The Balaban J connectivity index is 2.05. The van der Waals surface area contributed by atoms with Crippen molar-refractivity contribution in [3.05, 3.63) is 63.6 Å². The highest BCUT2D eigenvalue weighted by molar-refractivity contribution is 7.14. The normalized spacial score (nSPS) is 12.3. The number of rotatable bonds is 3. The van der Waals surface area contributed by atoms with Gasteiger partial charge >= 0.3 is 0 Å². The summed E-state index contributed by atoms with van der Waals surface area (Å²) in [5, 5.41) is 8.74. The fourth-order valence-corrected chi connectivity index (χ4v) is 3.42. The van der Waals surface area contributed by atoms with Gasteiger partial charge in [-0.15, -0.1) is 22.7 Å². The SMILES string of the molecule is CN=c1scc(-c2cccs2)n1N=Cc1ccccc1. The van der Waals surface area contributed by atoms with Crippen molar-refractivity contribution in [2.24, 2.45) is 10.1 Å². The van der Waals surface area contributed by atoms with Crippen LogP contribution in [0.5, 0.6) is 0 Å². The summed E-state index contributed by atoms with van der Waals surface area (Å²) in [7, 11) is 1.79. The van der Waals surface area contributed by atoms with Gasteiger partial charge in [-0.3, -0.25) is 4.99 Å². The molecule has 0 fully saturated rings. The predicted octanol–water partition coefficient (Wildman–Crippen LogP) is 3.69. The minimum absolute atomic E-state index is 0.889. The molecule has 5 heteroatoms. The van der Waals surface area contributed by atoms with E-state index in [-0.39, 0.29) is 0 Å². The molecule has 3 nitrogen and oxygen atoms in total. The molecule has 20 heavy (non-hydrogen) atoms. The third-order valence-electron chi connectivity index (χ3n) is 2.77. The smallest absolute Gasteiger partial charge is 0.205 e. The van der Waals surface area contributed by atoms with Crippen LogP contribution in [0, 0.1) is 0 Å². The topological polar surface area (TPSA) is 29.6 Å². The molecule has 0 aliphatic carbocycles. The standard InChI is InChI=1S/C15H13N3S2/c1-16-15-18(17-10-12-6-3-2-4-7-12)13(11-20-15)14-8-5-9-19-14/h2-11H,1H3. The first kappa shape index (κ1) is 13.0. The molecular weight excluding hydrogens is 286 g/mol. The highest BCUT2D eigenvalue weighted by Gasteiger charge is 2.07. The molecule has 0 aliphatic heterocycles. The summed E-state index contributed by atoms with van der Waals surface area (Å²) in [6, 6.07) is 14.2. The number of aromatic nitrogens is 1. The Kier molecular flexibility index (Phi) is 3.90. The van der Waals surface area contributed by atoms with Crippen molar-refractivity contribution in [1.29, 1.82) is 0 Å². The van der Waals surface area contributed by atoms with Gasteiger partial charge in [0.25, 0.3) is 0 Å². The molecule has 0 N–H and O–H groups in total. The summed E-state index contributed by atoms with van der Waals surface area (Å²) in [5.41, 5.74) is 2.16. The minimum atomic E-state index is 0.889. The number of benzene rings is 1. The molecule has 0 unspecified atom stereocenters. The van der Waals surface area contributed by atoms with Gasteiger partial charge in [0.05, 0.1) is 16.8 Å². The number of thiophene rings is 1. The zero-order chi connectivity index (χ0) is 13.8.